The van der Waals surface area contributed by atoms with E-state index >= 15 is 0 Å². The van der Waals surface area contributed by atoms with Crippen LogP contribution in [-0.2, 0) is 14.3 Å². The van der Waals surface area contributed by atoms with Gasteiger partial charge in [0.2, 0.25) is 0 Å². The number of rotatable bonds is 3. The minimum Gasteiger partial charge on any atom is -0.444 e. The van der Waals surface area contributed by atoms with Crippen LogP contribution >= 0.6 is 0 Å². The minimum absolute atomic E-state index is 0.306. The van der Waals surface area contributed by atoms with E-state index in [0.29, 0.717) is 0 Å². The first-order chi connectivity index (χ1) is 8.56. The van der Waals surface area contributed by atoms with E-state index in [-0.39, 0.29) is 6.61 Å². The van der Waals surface area contributed by atoms with Crippen LogP contribution < -0.4 is 0 Å². The van der Waals surface area contributed by atoms with Crippen LogP contribution in [-0.4, -0.2) is 54.6 Å². The van der Waals surface area contributed by atoms with Crippen LogP contribution in [0.2, 0.25) is 0 Å². The number of nitrogens with zero attached hydrogens (tertiary/aromatic N) is 1. The number of ketones is 1. The Hall–Kier alpha value is -1.24. The highest BCUT2D eigenvalue weighted by molar-refractivity contribution is 5.89. The molecule has 0 unspecified atom stereocenters. The molecule has 1 fully saturated rings. The zero-order valence-corrected chi connectivity index (χ0v) is 11.5. The lowest BCUT2D eigenvalue weighted by Crippen LogP contribution is -2.44. The van der Waals surface area contributed by atoms with E-state index < -0.39 is 42.4 Å². The highest BCUT2D eigenvalue weighted by Crippen LogP contribution is 2.33. The maximum absolute atomic E-state index is 13.4. The molecular formula is C12H19F2NO4. The van der Waals surface area contributed by atoms with Gasteiger partial charge in [-0.05, 0) is 20.8 Å². The fourth-order valence-electron chi connectivity index (χ4n) is 1.86. The smallest absolute Gasteiger partial charge is 0.411 e. The molecular weight excluding hydrogens is 260 g/mol. The predicted octanol–water partition coefficient (Wildman–Crippen LogP) is 1.85. The molecule has 1 aliphatic heterocycles. The van der Waals surface area contributed by atoms with Gasteiger partial charge in [-0.3, -0.25) is 9.69 Å². The van der Waals surface area contributed by atoms with Crippen molar-refractivity contribution >= 4 is 11.9 Å². The molecule has 0 bridgehead atoms. The van der Waals surface area contributed by atoms with Crippen molar-refractivity contribution in [3.63, 3.8) is 0 Å². The van der Waals surface area contributed by atoms with Crippen LogP contribution in [0.1, 0.15) is 27.2 Å². The number of amides is 1. The van der Waals surface area contributed by atoms with Gasteiger partial charge in [-0.2, -0.15) is 0 Å². The number of methoxy groups -OCH3 is 1. The molecule has 0 N–H and O–H groups in total. The number of alkyl halides is 2. The third-order valence-corrected chi connectivity index (χ3v) is 2.56. The lowest BCUT2D eigenvalue weighted by Gasteiger charge is -2.27. The van der Waals surface area contributed by atoms with E-state index in [1.165, 1.54) is 7.11 Å². The second kappa shape index (κ2) is 5.40. The molecule has 0 aliphatic carbocycles. The lowest BCUT2D eigenvalue weighted by molar-refractivity contribution is -0.127. The van der Waals surface area contributed by atoms with E-state index in [9.17, 15) is 18.4 Å². The van der Waals surface area contributed by atoms with Crippen LogP contribution in [0.3, 0.4) is 0 Å². The van der Waals surface area contributed by atoms with Gasteiger partial charge in [0.15, 0.2) is 5.78 Å². The Morgan fingerprint density at radius 2 is 1.95 bits per heavy atom. The number of ether oxygens (including phenoxy) is 2. The Kier molecular flexibility index (Phi) is 4.50. The molecule has 110 valence electrons. The topological polar surface area (TPSA) is 55.8 Å². The predicted molar refractivity (Wildman–Crippen MR) is 63.2 cm³/mol. The first-order valence-electron chi connectivity index (χ1n) is 5.95. The molecule has 0 aromatic rings. The number of likely N-dealkylation sites (tertiary alicyclic amines) is 1. The van der Waals surface area contributed by atoms with Crippen molar-refractivity contribution < 1.29 is 27.8 Å². The normalized spacial score (nSPS) is 22.4. The number of Topliss-reactive ketones (excluding diaryl/α,β-unsaturated/α-hetero) is 1. The van der Waals surface area contributed by atoms with Gasteiger partial charge in [0.1, 0.15) is 18.2 Å². The molecule has 0 aromatic carbocycles. The van der Waals surface area contributed by atoms with Crippen LogP contribution in [0, 0.1) is 0 Å². The molecule has 1 amide bonds. The first-order valence-corrected chi connectivity index (χ1v) is 5.95. The van der Waals surface area contributed by atoms with Crippen LogP contribution in [0.25, 0.3) is 0 Å². The lowest BCUT2D eigenvalue weighted by atomic mass is 10.1. The Balaban J connectivity index is 2.83. The maximum Gasteiger partial charge on any atom is 0.411 e. The van der Waals surface area contributed by atoms with Crippen molar-refractivity contribution in [2.24, 2.45) is 0 Å². The second-order valence-electron chi connectivity index (χ2n) is 5.58. The molecule has 1 saturated heterocycles. The second-order valence-corrected chi connectivity index (χ2v) is 5.58. The van der Waals surface area contributed by atoms with Crippen molar-refractivity contribution in [3.05, 3.63) is 0 Å². The number of hydrogen-bond donors (Lipinski definition) is 0. The van der Waals surface area contributed by atoms with Crippen molar-refractivity contribution in [1.82, 2.24) is 4.90 Å². The summed E-state index contributed by atoms with van der Waals surface area (Å²) >= 11 is 0. The highest BCUT2D eigenvalue weighted by atomic mass is 19.3. The van der Waals surface area contributed by atoms with Gasteiger partial charge in [0, 0.05) is 13.5 Å². The van der Waals surface area contributed by atoms with E-state index in [4.69, 9.17) is 4.74 Å². The SMILES string of the molecule is COCC(=O)[C@H]1CC(F)(F)CN1C(=O)OC(C)(C)C. The van der Waals surface area contributed by atoms with Crippen LogP contribution in [0.15, 0.2) is 0 Å². The number of carbonyl (C=O) groups excluding carboxylic acids is 2. The van der Waals surface area contributed by atoms with Crippen LogP contribution in [0.5, 0.6) is 0 Å². The molecule has 1 aliphatic rings. The van der Waals surface area contributed by atoms with Gasteiger partial charge in [0.25, 0.3) is 5.92 Å². The van der Waals surface area contributed by atoms with Gasteiger partial charge in [-0.15, -0.1) is 0 Å². The molecule has 0 radical (unpaired) electrons. The molecule has 0 aromatic heterocycles. The van der Waals surface area contributed by atoms with Crippen LogP contribution in [0.4, 0.5) is 13.6 Å². The summed E-state index contributed by atoms with van der Waals surface area (Å²) in [5.41, 5.74) is -0.802. The van der Waals surface area contributed by atoms with Crippen molar-refractivity contribution in [2.45, 2.75) is 44.8 Å². The molecule has 1 heterocycles. The fraction of sp³-hybridized carbons (Fsp3) is 0.833. The van der Waals surface area contributed by atoms with Crippen molar-refractivity contribution in [3.8, 4) is 0 Å². The zero-order valence-electron chi connectivity index (χ0n) is 11.5. The molecule has 19 heavy (non-hydrogen) atoms. The summed E-state index contributed by atoms with van der Waals surface area (Å²) in [4.78, 5) is 24.3. The summed E-state index contributed by atoms with van der Waals surface area (Å²) in [6, 6.07) is -1.19. The minimum atomic E-state index is -3.08. The number of hydrogen-bond acceptors (Lipinski definition) is 4. The molecule has 1 atom stereocenters. The van der Waals surface area contributed by atoms with E-state index in [1.807, 2.05) is 0 Å². The number of halogens is 2. The largest absolute Gasteiger partial charge is 0.444 e. The summed E-state index contributed by atoms with van der Waals surface area (Å²) in [6.45, 7) is 3.78. The fourth-order valence-corrected chi connectivity index (χ4v) is 1.86. The summed E-state index contributed by atoms with van der Waals surface area (Å²) in [5, 5.41) is 0. The van der Waals surface area contributed by atoms with Crippen molar-refractivity contribution in [1.29, 1.82) is 0 Å². The highest BCUT2D eigenvalue weighted by Gasteiger charge is 2.50. The molecule has 0 saturated carbocycles. The van der Waals surface area contributed by atoms with Gasteiger partial charge >= 0.3 is 6.09 Å². The van der Waals surface area contributed by atoms with Gasteiger partial charge in [-0.1, -0.05) is 0 Å². The average Bonchev–Trinajstić information content (AvgIpc) is 2.52. The summed E-state index contributed by atoms with van der Waals surface area (Å²) < 4.78 is 36.5. The molecule has 7 heteroatoms. The first kappa shape index (κ1) is 15.8. The van der Waals surface area contributed by atoms with E-state index in [2.05, 4.69) is 4.74 Å². The van der Waals surface area contributed by atoms with E-state index in [0.717, 1.165) is 4.90 Å². The Bertz CT molecular complexity index is 365. The average molecular weight is 279 g/mol. The van der Waals surface area contributed by atoms with Crippen molar-refractivity contribution in [2.75, 3.05) is 20.3 Å². The third kappa shape index (κ3) is 4.41. The quantitative estimate of drug-likeness (QED) is 0.791. The van der Waals surface area contributed by atoms with E-state index in [1.54, 1.807) is 20.8 Å². The Labute approximate surface area is 110 Å². The Morgan fingerprint density at radius 1 is 1.37 bits per heavy atom. The molecule has 5 nitrogen and oxygen atoms in total. The number of carbonyl (C=O) groups is 2. The summed E-state index contributed by atoms with van der Waals surface area (Å²) in [6.07, 6.45) is -1.59. The summed E-state index contributed by atoms with van der Waals surface area (Å²) in [5.74, 6) is -3.63. The zero-order chi connectivity index (χ0) is 14.8. The third-order valence-electron chi connectivity index (χ3n) is 2.56. The molecule has 1 rings (SSSR count). The summed E-state index contributed by atoms with van der Waals surface area (Å²) in [7, 11) is 1.29. The van der Waals surface area contributed by atoms with Gasteiger partial charge in [0.05, 0.1) is 6.54 Å². The molecule has 0 spiro atoms. The van der Waals surface area contributed by atoms with Gasteiger partial charge < -0.3 is 9.47 Å². The Morgan fingerprint density at radius 3 is 2.42 bits per heavy atom. The standard InChI is InChI=1S/C12H19F2NO4/c1-11(2,3)19-10(17)15-7-12(13,14)5-8(15)9(16)6-18-4/h8H,5-7H2,1-4H3/t8-/m1/s1. The monoisotopic (exact) mass is 279 g/mol. The van der Waals surface area contributed by atoms with Gasteiger partial charge in [-0.25, -0.2) is 13.6 Å². The maximum atomic E-state index is 13.4.